The summed E-state index contributed by atoms with van der Waals surface area (Å²) >= 11 is 0. The summed E-state index contributed by atoms with van der Waals surface area (Å²) in [4.78, 5) is 27.9. The first-order valence-electron chi connectivity index (χ1n) is 9.37. The van der Waals surface area contributed by atoms with Gasteiger partial charge in [-0.2, -0.15) is 0 Å². The van der Waals surface area contributed by atoms with Crippen LogP contribution < -0.4 is 4.90 Å². The number of fused-ring (bicyclic) bond motifs is 2. The first kappa shape index (κ1) is 16.5. The molecule has 3 aliphatic heterocycles. The van der Waals surface area contributed by atoms with Crippen molar-refractivity contribution in [1.82, 2.24) is 0 Å². The van der Waals surface area contributed by atoms with Gasteiger partial charge in [-0.1, -0.05) is 48.6 Å². The van der Waals surface area contributed by atoms with Crippen LogP contribution in [0, 0.1) is 11.8 Å². The average molecular weight is 363 g/mol. The largest absolute Gasteiger partial charge is 0.463 e. The maximum atomic E-state index is 13.4. The zero-order chi connectivity index (χ0) is 18.8. The second kappa shape index (κ2) is 5.67. The second-order valence-corrected chi connectivity index (χ2v) is 7.81. The molecule has 0 aromatic heterocycles. The van der Waals surface area contributed by atoms with Crippen molar-refractivity contribution in [2.45, 2.75) is 31.7 Å². The summed E-state index contributed by atoms with van der Waals surface area (Å²) < 4.78 is 11.6. The molecule has 0 saturated carbocycles. The lowest BCUT2D eigenvalue weighted by Gasteiger charge is -2.23. The third kappa shape index (κ3) is 2.28. The maximum absolute atomic E-state index is 13.4. The Morgan fingerprint density at radius 2 is 2.00 bits per heavy atom. The summed E-state index contributed by atoms with van der Waals surface area (Å²) in [7, 11) is 0. The van der Waals surface area contributed by atoms with E-state index in [1.165, 1.54) is 0 Å². The Morgan fingerprint density at radius 1 is 1.22 bits per heavy atom. The highest BCUT2D eigenvalue weighted by Gasteiger charge is 2.67. The molecule has 2 bridgehead atoms. The van der Waals surface area contributed by atoms with Gasteiger partial charge >= 0.3 is 5.97 Å². The number of rotatable bonds is 3. The molecule has 0 aliphatic carbocycles. The van der Waals surface area contributed by atoms with Gasteiger partial charge < -0.3 is 14.4 Å². The minimum absolute atomic E-state index is 0.0658. The Balaban J connectivity index is 1.55. The van der Waals surface area contributed by atoms with Gasteiger partial charge in [0.15, 0.2) is 0 Å². The molecular formula is C22H21NO4. The molecule has 0 radical (unpaired) electrons. The normalized spacial score (nSPS) is 31.1. The van der Waals surface area contributed by atoms with Crippen LogP contribution in [-0.2, 0) is 19.1 Å². The van der Waals surface area contributed by atoms with E-state index in [1.54, 1.807) is 4.90 Å². The van der Waals surface area contributed by atoms with Gasteiger partial charge in [0.25, 0.3) is 0 Å². The number of hydrogen-bond donors (Lipinski definition) is 0. The predicted octanol–water partition coefficient (Wildman–Crippen LogP) is 3.08. The number of ether oxygens (including phenoxy) is 2. The number of benzene rings is 2. The molecule has 2 fully saturated rings. The lowest BCUT2D eigenvalue weighted by molar-refractivity contribution is -0.156. The first-order chi connectivity index (χ1) is 13.0. The minimum Gasteiger partial charge on any atom is -0.463 e. The van der Waals surface area contributed by atoms with E-state index in [9.17, 15) is 9.59 Å². The maximum Gasteiger partial charge on any atom is 0.313 e. The van der Waals surface area contributed by atoms with Gasteiger partial charge in [-0.15, -0.1) is 0 Å². The molecule has 3 aliphatic rings. The molecule has 5 rings (SSSR count). The minimum atomic E-state index is -0.737. The lowest BCUT2D eigenvalue weighted by Crippen LogP contribution is -2.40. The van der Waals surface area contributed by atoms with Crippen LogP contribution in [0.2, 0.25) is 0 Å². The topological polar surface area (TPSA) is 55.8 Å². The van der Waals surface area contributed by atoms with E-state index in [0.717, 1.165) is 16.5 Å². The molecule has 4 atom stereocenters. The smallest absolute Gasteiger partial charge is 0.313 e. The van der Waals surface area contributed by atoms with Crippen LogP contribution >= 0.6 is 0 Å². The Labute approximate surface area is 157 Å². The van der Waals surface area contributed by atoms with Crippen LogP contribution in [0.25, 0.3) is 10.8 Å². The van der Waals surface area contributed by atoms with Crippen LogP contribution in [0.5, 0.6) is 0 Å². The number of carbonyl (C=O) groups excluding carboxylic acids is 2. The summed E-state index contributed by atoms with van der Waals surface area (Å²) in [6.07, 6.45) is 3.27. The van der Waals surface area contributed by atoms with Gasteiger partial charge in [0, 0.05) is 5.39 Å². The molecular weight excluding hydrogens is 342 g/mol. The SMILES string of the molecule is CC(C)OC(=O)[C@@H]1[C@H]2C(=O)N(c3cccc4ccccc34)C[C@@]23C=C[C@H]1O3. The molecule has 0 N–H and O–H groups in total. The van der Waals surface area contributed by atoms with Gasteiger partial charge in [0.05, 0.1) is 30.4 Å². The third-order valence-corrected chi connectivity index (χ3v) is 5.78. The van der Waals surface area contributed by atoms with Gasteiger partial charge in [-0.05, 0) is 25.3 Å². The molecule has 27 heavy (non-hydrogen) atoms. The van der Waals surface area contributed by atoms with E-state index in [2.05, 4.69) is 0 Å². The molecule has 2 aromatic carbocycles. The molecule has 0 unspecified atom stereocenters. The van der Waals surface area contributed by atoms with Crippen molar-refractivity contribution in [1.29, 1.82) is 0 Å². The Hall–Kier alpha value is -2.66. The number of amides is 1. The average Bonchev–Trinajstić information content (AvgIpc) is 3.29. The highest BCUT2D eigenvalue weighted by Crippen LogP contribution is 2.53. The van der Waals surface area contributed by atoms with Crippen LogP contribution in [0.4, 0.5) is 5.69 Å². The summed E-state index contributed by atoms with van der Waals surface area (Å²) in [5, 5.41) is 2.10. The van der Waals surface area contributed by atoms with Crippen molar-refractivity contribution in [2.24, 2.45) is 11.8 Å². The van der Waals surface area contributed by atoms with Gasteiger partial charge in [-0.25, -0.2) is 0 Å². The zero-order valence-electron chi connectivity index (χ0n) is 15.3. The molecule has 1 spiro atoms. The quantitative estimate of drug-likeness (QED) is 0.621. The number of carbonyl (C=O) groups is 2. The molecule has 1 amide bonds. The van der Waals surface area contributed by atoms with Gasteiger partial charge in [0.2, 0.25) is 5.91 Å². The fraction of sp³-hybridized carbons (Fsp3) is 0.364. The predicted molar refractivity (Wildman–Crippen MR) is 101 cm³/mol. The van der Waals surface area contributed by atoms with E-state index >= 15 is 0 Å². The molecule has 3 heterocycles. The Kier molecular flexibility index (Phi) is 3.46. The van der Waals surface area contributed by atoms with Crippen molar-refractivity contribution in [3.05, 3.63) is 54.6 Å². The van der Waals surface area contributed by atoms with Crippen molar-refractivity contribution in [3.8, 4) is 0 Å². The van der Waals surface area contributed by atoms with E-state index < -0.39 is 17.4 Å². The number of anilines is 1. The van der Waals surface area contributed by atoms with Crippen LogP contribution in [0.15, 0.2) is 54.6 Å². The summed E-state index contributed by atoms with van der Waals surface area (Å²) in [6, 6.07) is 13.9. The van der Waals surface area contributed by atoms with Gasteiger partial charge in [0.1, 0.15) is 11.5 Å². The first-order valence-corrected chi connectivity index (χ1v) is 9.37. The second-order valence-electron chi connectivity index (χ2n) is 7.81. The molecule has 2 aromatic rings. The van der Waals surface area contributed by atoms with E-state index in [1.807, 2.05) is 68.5 Å². The fourth-order valence-electron chi connectivity index (χ4n) is 4.73. The standard InChI is InChI=1S/C22H21NO4/c1-13(2)26-21(25)18-17-10-11-22(27-17)12-23(20(24)19(18)22)16-9-5-7-14-6-3-4-8-15(14)16/h3-11,13,17-19H,12H2,1-2H3/t17-,18+,19+,22+/m1/s1. The highest BCUT2D eigenvalue weighted by atomic mass is 16.6. The molecule has 138 valence electrons. The summed E-state index contributed by atoms with van der Waals surface area (Å²) in [5.74, 6) is -1.52. The Bertz CT molecular complexity index is 976. The molecule has 5 nitrogen and oxygen atoms in total. The van der Waals surface area contributed by atoms with Crippen molar-refractivity contribution >= 4 is 28.3 Å². The summed E-state index contributed by atoms with van der Waals surface area (Å²) in [6.45, 7) is 4.05. The number of hydrogen-bond acceptors (Lipinski definition) is 4. The number of nitrogens with zero attached hydrogens (tertiary/aromatic N) is 1. The molecule has 5 heteroatoms. The summed E-state index contributed by atoms with van der Waals surface area (Å²) in [5.41, 5.74) is 0.123. The number of esters is 1. The fourth-order valence-corrected chi connectivity index (χ4v) is 4.73. The Morgan fingerprint density at radius 3 is 2.81 bits per heavy atom. The van der Waals surface area contributed by atoms with Crippen molar-refractivity contribution in [3.63, 3.8) is 0 Å². The highest BCUT2D eigenvalue weighted by molar-refractivity contribution is 6.08. The van der Waals surface area contributed by atoms with Crippen molar-refractivity contribution in [2.75, 3.05) is 11.4 Å². The van der Waals surface area contributed by atoms with Crippen LogP contribution in [0.3, 0.4) is 0 Å². The van der Waals surface area contributed by atoms with Crippen LogP contribution in [0.1, 0.15) is 13.8 Å². The lowest BCUT2D eigenvalue weighted by atomic mass is 9.77. The zero-order valence-corrected chi connectivity index (χ0v) is 15.3. The molecule has 2 saturated heterocycles. The van der Waals surface area contributed by atoms with E-state index in [4.69, 9.17) is 9.47 Å². The monoisotopic (exact) mass is 363 g/mol. The van der Waals surface area contributed by atoms with Crippen LogP contribution in [-0.4, -0.2) is 36.2 Å². The van der Waals surface area contributed by atoms with E-state index in [-0.39, 0.29) is 24.1 Å². The van der Waals surface area contributed by atoms with E-state index in [0.29, 0.717) is 6.54 Å². The third-order valence-electron chi connectivity index (χ3n) is 5.78. The van der Waals surface area contributed by atoms with Crippen molar-refractivity contribution < 1.29 is 19.1 Å². The van der Waals surface area contributed by atoms with Gasteiger partial charge in [-0.3, -0.25) is 9.59 Å².